The number of fused-ring (bicyclic) bond motifs is 2. The van der Waals surface area contributed by atoms with Crippen molar-refractivity contribution in [3.05, 3.63) is 34.9 Å². The number of carbonyl (C=O) groups excluding carboxylic acids is 1. The minimum atomic E-state index is -0.409. The first-order valence-electron chi connectivity index (χ1n) is 8.34. The van der Waals surface area contributed by atoms with E-state index in [9.17, 15) is 4.79 Å². The van der Waals surface area contributed by atoms with Crippen LogP contribution in [0, 0.1) is 5.92 Å². The maximum absolute atomic E-state index is 13.4. The highest BCUT2D eigenvalue weighted by molar-refractivity contribution is 6.30. The lowest BCUT2D eigenvalue weighted by molar-refractivity contribution is -0.143. The van der Waals surface area contributed by atoms with Crippen LogP contribution in [0.3, 0.4) is 0 Å². The fraction of sp³-hybridized carbons (Fsp3) is 0.611. The van der Waals surface area contributed by atoms with Crippen LogP contribution in [0.2, 0.25) is 5.02 Å². The van der Waals surface area contributed by atoms with E-state index in [0.717, 1.165) is 35.9 Å². The third-order valence-corrected chi connectivity index (χ3v) is 6.07. The lowest BCUT2D eigenvalue weighted by atomic mass is 9.72. The summed E-state index contributed by atoms with van der Waals surface area (Å²) in [6, 6.07) is 8.33. The van der Waals surface area contributed by atoms with Crippen LogP contribution in [0.4, 0.5) is 0 Å². The summed E-state index contributed by atoms with van der Waals surface area (Å²) in [7, 11) is 0. The Labute approximate surface area is 136 Å². The normalized spacial score (nSPS) is 29.8. The fourth-order valence-corrected chi connectivity index (χ4v) is 4.69. The van der Waals surface area contributed by atoms with Gasteiger partial charge in [-0.1, -0.05) is 23.7 Å². The van der Waals surface area contributed by atoms with Gasteiger partial charge in [0.25, 0.3) is 0 Å². The predicted molar refractivity (Wildman–Crippen MR) is 86.0 cm³/mol. The molecule has 1 saturated carbocycles. The Morgan fingerprint density at radius 1 is 1.18 bits per heavy atom. The van der Waals surface area contributed by atoms with Crippen LogP contribution in [0.15, 0.2) is 24.3 Å². The molecule has 118 valence electrons. The maximum Gasteiger partial charge on any atom is 0.233 e. The van der Waals surface area contributed by atoms with Crippen molar-refractivity contribution in [1.82, 2.24) is 4.90 Å². The molecule has 2 saturated heterocycles. The molecule has 22 heavy (non-hydrogen) atoms. The van der Waals surface area contributed by atoms with E-state index >= 15 is 0 Å². The van der Waals surface area contributed by atoms with Crippen molar-refractivity contribution in [2.24, 2.45) is 5.92 Å². The molecule has 0 N–H and O–H groups in total. The highest BCUT2D eigenvalue weighted by atomic mass is 35.5. The smallest absolute Gasteiger partial charge is 0.233 e. The zero-order valence-corrected chi connectivity index (χ0v) is 13.5. The summed E-state index contributed by atoms with van der Waals surface area (Å²) < 4.78 is 5.55. The quantitative estimate of drug-likeness (QED) is 0.836. The number of ether oxygens (including phenoxy) is 1. The Bertz CT molecular complexity index is 565. The van der Waals surface area contributed by atoms with Crippen LogP contribution >= 0.6 is 11.6 Å². The van der Waals surface area contributed by atoms with Gasteiger partial charge in [-0.3, -0.25) is 4.79 Å². The number of hydrogen-bond donors (Lipinski definition) is 0. The van der Waals surface area contributed by atoms with Crippen molar-refractivity contribution in [1.29, 1.82) is 0 Å². The summed E-state index contributed by atoms with van der Waals surface area (Å²) in [6.45, 7) is 2.28. The van der Waals surface area contributed by atoms with E-state index < -0.39 is 5.41 Å². The second-order valence-electron chi connectivity index (χ2n) is 6.99. The molecule has 1 aromatic rings. The molecule has 1 aromatic carbocycles. The van der Waals surface area contributed by atoms with Gasteiger partial charge in [0.15, 0.2) is 0 Å². The molecule has 4 heteroatoms. The third kappa shape index (κ3) is 2.26. The molecule has 2 aliphatic heterocycles. The highest BCUT2D eigenvalue weighted by Crippen LogP contribution is 2.43. The van der Waals surface area contributed by atoms with Gasteiger partial charge in [0.05, 0.1) is 5.41 Å². The Hall–Kier alpha value is -1.06. The number of halogens is 1. The molecule has 0 radical (unpaired) electrons. The zero-order valence-electron chi connectivity index (χ0n) is 12.8. The van der Waals surface area contributed by atoms with E-state index in [0.29, 0.717) is 25.2 Å². The largest absolute Gasteiger partial charge is 0.381 e. The first-order valence-corrected chi connectivity index (χ1v) is 8.72. The Balaban J connectivity index is 1.68. The van der Waals surface area contributed by atoms with E-state index in [4.69, 9.17) is 16.3 Å². The molecule has 3 nitrogen and oxygen atoms in total. The van der Waals surface area contributed by atoms with Gasteiger partial charge in [0, 0.05) is 30.8 Å². The zero-order chi connectivity index (χ0) is 15.2. The first-order chi connectivity index (χ1) is 10.7. The van der Waals surface area contributed by atoms with Crippen molar-refractivity contribution in [2.75, 3.05) is 19.8 Å². The molecule has 3 fully saturated rings. The number of hydrogen-bond acceptors (Lipinski definition) is 2. The first kappa shape index (κ1) is 14.5. The number of rotatable bonds is 2. The molecule has 1 aliphatic carbocycles. The van der Waals surface area contributed by atoms with Gasteiger partial charge in [-0.05, 0) is 55.7 Å². The molecular formula is C18H22ClNO2. The highest BCUT2D eigenvalue weighted by Gasteiger charge is 2.49. The predicted octanol–water partition coefficient (Wildman–Crippen LogP) is 3.40. The van der Waals surface area contributed by atoms with Crippen molar-refractivity contribution in [3.63, 3.8) is 0 Å². The Kier molecular flexibility index (Phi) is 3.66. The van der Waals surface area contributed by atoms with Crippen LogP contribution in [0.5, 0.6) is 0 Å². The van der Waals surface area contributed by atoms with Crippen molar-refractivity contribution >= 4 is 17.5 Å². The molecule has 2 bridgehead atoms. The van der Waals surface area contributed by atoms with E-state index in [2.05, 4.69) is 4.90 Å². The third-order valence-electron chi connectivity index (χ3n) is 5.82. The molecule has 2 heterocycles. The standard InChI is InChI=1S/C18H22ClNO2/c19-15-4-2-14(3-5-15)18(7-9-22-10-8-18)17(21)20-12-13-1-6-16(20)11-13/h2-5,13,16H,1,6-12H2. The summed E-state index contributed by atoms with van der Waals surface area (Å²) in [6.07, 6.45) is 5.25. The lowest BCUT2D eigenvalue weighted by Gasteiger charge is -2.41. The van der Waals surface area contributed by atoms with Crippen molar-refractivity contribution in [3.8, 4) is 0 Å². The second-order valence-corrected chi connectivity index (χ2v) is 7.43. The van der Waals surface area contributed by atoms with Crippen LogP contribution in [-0.2, 0) is 14.9 Å². The van der Waals surface area contributed by atoms with Crippen LogP contribution in [0.1, 0.15) is 37.7 Å². The summed E-state index contributed by atoms with van der Waals surface area (Å²) in [5.74, 6) is 1.06. The van der Waals surface area contributed by atoms with Crippen molar-refractivity contribution in [2.45, 2.75) is 43.6 Å². The minimum Gasteiger partial charge on any atom is -0.381 e. The van der Waals surface area contributed by atoms with Gasteiger partial charge in [0.2, 0.25) is 5.91 Å². The van der Waals surface area contributed by atoms with Gasteiger partial charge in [-0.2, -0.15) is 0 Å². The van der Waals surface area contributed by atoms with E-state index in [1.165, 1.54) is 19.3 Å². The average Bonchev–Trinajstić information content (AvgIpc) is 3.18. The Morgan fingerprint density at radius 3 is 2.50 bits per heavy atom. The number of nitrogens with zero attached hydrogens (tertiary/aromatic N) is 1. The average molecular weight is 320 g/mol. The number of likely N-dealkylation sites (tertiary alicyclic amines) is 1. The molecule has 0 aromatic heterocycles. The Morgan fingerprint density at radius 2 is 1.91 bits per heavy atom. The van der Waals surface area contributed by atoms with Crippen LogP contribution in [0.25, 0.3) is 0 Å². The molecule has 0 spiro atoms. The summed E-state index contributed by atoms with van der Waals surface area (Å²) in [5, 5.41) is 0.721. The number of piperidine rings is 1. The lowest BCUT2D eigenvalue weighted by Crippen LogP contribution is -2.52. The number of benzene rings is 1. The summed E-state index contributed by atoms with van der Waals surface area (Å²) >= 11 is 6.03. The van der Waals surface area contributed by atoms with Gasteiger partial charge in [-0.15, -0.1) is 0 Å². The van der Waals surface area contributed by atoms with E-state index in [1.807, 2.05) is 24.3 Å². The molecular weight excluding hydrogens is 298 g/mol. The number of amides is 1. The van der Waals surface area contributed by atoms with Gasteiger partial charge < -0.3 is 9.64 Å². The summed E-state index contributed by atoms with van der Waals surface area (Å²) in [5.41, 5.74) is 0.695. The molecule has 3 aliphatic rings. The fourth-order valence-electron chi connectivity index (χ4n) is 4.56. The second kappa shape index (κ2) is 5.54. The van der Waals surface area contributed by atoms with Crippen molar-refractivity contribution < 1.29 is 9.53 Å². The minimum absolute atomic E-state index is 0.324. The van der Waals surface area contributed by atoms with Gasteiger partial charge in [0.1, 0.15) is 0 Å². The molecule has 2 atom stereocenters. The molecule has 4 rings (SSSR count). The van der Waals surface area contributed by atoms with Gasteiger partial charge >= 0.3 is 0 Å². The SMILES string of the molecule is O=C(N1CC2CCC1C2)C1(c2ccc(Cl)cc2)CCOCC1. The van der Waals surface area contributed by atoms with E-state index in [1.54, 1.807) is 0 Å². The van der Waals surface area contributed by atoms with Crippen LogP contribution in [-0.4, -0.2) is 36.6 Å². The maximum atomic E-state index is 13.4. The molecule has 1 amide bonds. The topological polar surface area (TPSA) is 29.5 Å². The van der Waals surface area contributed by atoms with E-state index in [-0.39, 0.29) is 0 Å². The number of carbonyl (C=O) groups is 1. The van der Waals surface area contributed by atoms with Gasteiger partial charge in [-0.25, -0.2) is 0 Å². The monoisotopic (exact) mass is 319 g/mol. The molecule has 2 unspecified atom stereocenters. The summed E-state index contributed by atoms with van der Waals surface area (Å²) in [4.78, 5) is 15.6. The van der Waals surface area contributed by atoms with Crippen LogP contribution < -0.4 is 0 Å².